The van der Waals surface area contributed by atoms with Gasteiger partial charge in [-0.25, -0.2) is 8.42 Å². The summed E-state index contributed by atoms with van der Waals surface area (Å²) >= 11 is 0. The van der Waals surface area contributed by atoms with E-state index in [0.29, 0.717) is 44.0 Å². The van der Waals surface area contributed by atoms with Gasteiger partial charge in [0.2, 0.25) is 10.0 Å². The van der Waals surface area contributed by atoms with Crippen molar-refractivity contribution in [3.63, 3.8) is 0 Å². The molecule has 2 aliphatic heterocycles. The molecule has 1 aromatic rings. The Morgan fingerprint density at radius 2 is 1.70 bits per heavy atom. The van der Waals surface area contributed by atoms with Gasteiger partial charge in [-0.2, -0.15) is 4.31 Å². The molecule has 8 nitrogen and oxygen atoms in total. The Morgan fingerprint density at radius 1 is 1.03 bits per heavy atom. The van der Waals surface area contributed by atoms with Crippen molar-refractivity contribution in [1.29, 1.82) is 0 Å². The van der Waals surface area contributed by atoms with E-state index >= 15 is 0 Å². The van der Waals surface area contributed by atoms with Crippen molar-refractivity contribution >= 4 is 15.9 Å². The molecule has 0 saturated carbocycles. The highest BCUT2D eigenvalue weighted by molar-refractivity contribution is 7.89. The molecule has 2 heterocycles. The summed E-state index contributed by atoms with van der Waals surface area (Å²) in [4.78, 5) is 17.2. The molecule has 9 heteroatoms. The molecule has 0 aliphatic carbocycles. The molecule has 0 atom stereocenters. The fourth-order valence-electron chi connectivity index (χ4n) is 3.95. The second-order valence-electron chi connectivity index (χ2n) is 7.89. The van der Waals surface area contributed by atoms with Crippen LogP contribution in [0.5, 0.6) is 5.75 Å². The number of benzene rings is 1. The molecule has 0 spiro atoms. The molecule has 1 amide bonds. The van der Waals surface area contributed by atoms with Crippen molar-refractivity contribution in [2.24, 2.45) is 0 Å². The molecule has 2 aliphatic rings. The number of methoxy groups -OCH3 is 1. The number of hydrogen-bond acceptors (Lipinski definition) is 6. The zero-order valence-corrected chi connectivity index (χ0v) is 18.7. The van der Waals surface area contributed by atoms with Crippen molar-refractivity contribution in [1.82, 2.24) is 19.4 Å². The van der Waals surface area contributed by atoms with Crippen molar-refractivity contribution in [3.05, 3.63) is 29.8 Å². The Hall–Kier alpha value is -1.68. The number of piperazine rings is 1. The zero-order chi connectivity index (χ0) is 21.4. The summed E-state index contributed by atoms with van der Waals surface area (Å²) in [5, 5.41) is 3.17. The predicted octanol–water partition coefficient (Wildman–Crippen LogP) is 0.858. The Kier molecular flexibility index (Phi) is 8.50. The number of hydrogen-bond donors (Lipinski definition) is 1. The van der Waals surface area contributed by atoms with E-state index in [4.69, 9.17) is 4.74 Å². The largest absolute Gasteiger partial charge is 0.497 e. The number of ether oxygens (including phenoxy) is 1. The SMILES string of the molecule is COc1ccc(C(=O)N(CCN2CCCCC2)CCS(=O)(=O)N2CCNCC2)cc1. The zero-order valence-electron chi connectivity index (χ0n) is 17.9. The summed E-state index contributed by atoms with van der Waals surface area (Å²) in [6.45, 7) is 5.91. The third-order valence-corrected chi connectivity index (χ3v) is 7.70. The number of carbonyl (C=O) groups excluding carboxylic acids is 1. The van der Waals surface area contributed by atoms with Crippen LogP contribution in [-0.2, 0) is 10.0 Å². The van der Waals surface area contributed by atoms with Gasteiger partial charge in [-0.05, 0) is 50.2 Å². The number of nitrogens with zero attached hydrogens (tertiary/aromatic N) is 3. The predicted molar refractivity (Wildman–Crippen MR) is 117 cm³/mol. The van der Waals surface area contributed by atoms with Gasteiger partial charge in [0.25, 0.3) is 5.91 Å². The van der Waals surface area contributed by atoms with Gasteiger partial charge in [0, 0.05) is 51.4 Å². The van der Waals surface area contributed by atoms with E-state index in [1.807, 2.05) is 0 Å². The van der Waals surface area contributed by atoms with Crippen LogP contribution in [0.4, 0.5) is 0 Å². The second-order valence-corrected chi connectivity index (χ2v) is 9.98. The van der Waals surface area contributed by atoms with Crippen LogP contribution in [0.3, 0.4) is 0 Å². The third kappa shape index (κ3) is 6.41. The van der Waals surface area contributed by atoms with Gasteiger partial charge < -0.3 is 19.9 Å². The van der Waals surface area contributed by atoms with Gasteiger partial charge in [0.1, 0.15) is 5.75 Å². The normalized spacial score (nSPS) is 18.8. The number of piperidine rings is 1. The van der Waals surface area contributed by atoms with Crippen molar-refractivity contribution in [2.75, 3.05) is 71.8 Å². The van der Waals surface area contributed by atoms with Crippen LogP contribution in [0.1, 0.15) is 29.6 Å². The summed E-state index contributed by atoms with van der Waals surface area (Å²) < 4.78 is 32.2. The molecule has 1 N–H and O–H groups in total. The first-order valence-corrected chi connectivity index (χ1v) is 12.4. The summed E-state index contributed by atoms with van der Waals surface area (Å²) in [5.74, 6) is 0.507. The second kappa shape index (κ2) is 11.1. The first kappa shape index (κ1) is 23.0. The molecular weight excluding hydrogens is 404 g/mol. The molecule has 0 aromatic heterocycles. The average Bonchev–Trinajstić information content (AvgIpc) is 2.80. The Labute approximate surface area is 180 Å². The van der Waals surface area contributed by atoms with Gasteiger partial charge in [-0.15, -0.1) is 0 Å². The lowest BCUT2D eigenvalue weighted by molar-refractivity contribution is 0.0740. The Morgan fingerprint density at radius 3 is 2.33 bits per heavy atom. The lowest BCUT2D eigenvalue weighted by Gasteiger charge is -2.31. The molecular formula is C21H34N4O4S. The van der Waals surface area contributed by atoms with Gasteiger partial charge in [0.05, 0.1) is 12.9 Å². The van der Waals surface area contributed by atoms with Gasteiger partial charge >= 0.3 is 0 Å². The first-order chi connectivity index (χ1) is 14.5. The molecule has 0 bridgehead atoms. The molecule has 3 rings (SSSR count). The third-order valence-electron chi connectivity index (χ3n) is 5.85. The lowest BCUT2D eigenvalue weighted by atomic mass is 10.1. The summed E-state index contributed by atoms with van der Waals surface area (Å²) in [6.07, 6.45) is 3.63. The van der Waals surface area contributed by atoms with E-state index in [0.717, 1.165) is 19.6 Å². The summed E-state index contributed by atoms with van der Waals surface area (Å²) in [5.41, 5.74) is 0.550. The Bertz CT molecular complexity index is 773. The number of carbonyl (C=O) groups is 1. The van der Waals surface area contributed by atoms with Crippen molar-refractivity contribution < 1.29 is 17.9 Å². The monoisotopic (exact) mass is 438 g/mol. The van der Waals surface area contributed by atoms with Crippen LogP contribution >= 0.6 is 0 Å². The molecule has 0 unspecified atom stereocenters. The first-order valence-electron chi connectivity index (χ1n) is 10.8. The van der Waals surface area contributed by atoms with Crippen LogP contribution in [-0.4, -0.2) is 100 Å². The average molecular weight is 439 g/mol. The minimum atomic E-state index is -3.38. The van der Waals surface area contributed by atoms with Crippen LogP contribution < -0.4 is 10.1 Å². The number of nitrogens with one attached hydrogen (secondary N) is 1. The molecule has 0 radical (unpaired) electrons. The molecule has 168 valence electrons. The minimum absolute atomic E-state index is 0.0467. The molecule has 2 saturated heterocycles. The van der Waals surface area contributed by atoms with E-state index in [9.17, 15) is 13.2 Å². The van der Waals surface area contributed by atoms with Gasteiger partial charge in [0.15, 0.2) is 0 Å². The van der Waals surface area contributed by atoms with E-state index in [-0.39, 0.29) is 18.2 Å². The lowest BCUT2D eigenvalue weighted by Crippen LogP contribution is -2.49. The van der Waals surface area contributed by atoms with Gasteiger partial charge in [-0.1, -0.05) is 6.42 Å². The standard InChI is InChI=1S/C21H34N4O4S/c1-29-20-7-5-19(6-8-20)21(26)24(16-15-23-11-3-2-4-12-23)17-18-30(27,28)25-13-9-22-10-14-25/h5-8,22H,2-4,9-18H2,1H3. The molecule has 2 fully saturated rings. The summed E-state index contributed by atoms with van der Waals surface area (Å²) in [7, 11) is -1.80. The maximum absolute atomic E-state index is 13.2. The van der Waals surface area contributed by atoms with Crippen molar-refractivity contribution in [2.45, 2.75) is 19.3 Å². The molecule has 1 aromatic carbocycles. The molecule has 30 heavy (non-hydrogen) atoms. The number of amides is 1. The van der Waals surface area contributed by atoms with Crippen LogP contribution in [0.2, 0.25) is 0 Å². The quantitative estimate of drug-likeness (QED) is 0.616. The Balaban J connectivity index is 1.66. The maximum atomic E-state index is 13.2. The van der Waals surface area contributed by atoms with Crippen LogP contribution in [0, 0.1) is 0 Å². The fourth-order valence-corrected chi connectivity index (χ4v) is 5.40. The number of sulfonamides is 1. The fraction of sp³-hybridized carbons (Fsp3) is 0.667. The van der Waals surface area contributed by atoms with Gasteiger partial charge in [-0.3, -0.25) is 4.79 Å². The van der Waals surface area contributed by atoms with E-state index in [2.05, 4.69) is 10.2 Å². The van der Waals surface area contributed by atoms with Crippen LogP contribution in [0.15, 0.2) is 24.3 Å². The van der Waals surface area contributed by atoms with E-state index in [1.54, 1.807) is 36.3 Å². The smallest absolute Gasteiger partial charge is 0.253 e. The van der Waals surface area contributed by atoms with E-state index < -0.39 is 10.0 Å². The number of likely N-dealkylation sites (tertiary alicyclic amines) is 1. The van der Waals surface area contributed by atoms with Crippen LogP contribution in [0.25, 0.3) is 0 Å². The minimum Gasteiger partial charge on any atom is -0.497 e. The van der Waals surface area contributed by atoms with E-state index in [1.165, 1.54) is 23.6 Å². The highest BCUT2D eigenvalue weighted by atomic mass is 32.2. The highest BCUT2D eigenvalue weighted by Gasteiger charge is 2.26. The number of rotatable bonds is 9. The highest BCUT2D eigenvalue weighted by Crippen LogP contribution is 2.15. The van der Waals surface area contributed by atoms with Crippen molar-refractivity contribution in [3.8, 4) is 5.75 Å². The summed E-state index contributed by atoms with van der Waals surface area (Å²) in [6, 6.07) is 6.99. The maximum Gasteiger partial charge on any atom is 0.253 e. The topological polar surface area (TPSA) is 82.2 Å².